The number of pyridine rings is 1. The van der Waals surface area contributed by atoms with Crippen LogP contribution in [-0.2, 0) is 44.3 Å². The minimum Gasteiger partial charge on any atom is -0.491 e. The summed E-state index contributed by atoms with van der Waals surface area (Å²) >= 11 is 0. The average Bonchev–Trinajstić information content (AvgIpc) is 2.70. The lowest BCUT2D eigenvalue weighted by molar-refractivity contribution is -0.139. The van der Waals surface area contributed by atoms with Gasteiger partial charge >= 0.3 is 19.3 Å². The Bertz CT molecular complexity index is 876. The molecule has 0 unspecified atom stereocenters. The summed E-state index contributed by atoms with van der Waals surface area (Å²) in [4.78, 5) is 59.9. The van der Waals surface area contributed by atoms with Crippen molar-refractivity contribution in [1.82, 2.24) is 4.57 Å². The first-order valence-electron chi connectivity index (χ1n) is 8.60. The van der Waals surface area contributed by atoms with Crippen molar-refractivity contribution >= 4 is 31.2 Å². The van der Waals surface area contributed by atoms with E-state index in [2.05, 4.69) is 14.0 Å². The minimum atomic E-state index is -2.03. The molecule has 0 aromatic carbocycles. The predicted octanol–water partition coefficient (Wildman–Crippen LogP) is -0.470. The van der Waals surface area contributed by atoms with Gasteiger partial charge in [0.15, 0.2) is 17.7 Å². The van der Waals surface area contributed by atoms with Crippen LogP contribution in [-0.4, -0.2) is 70.5 Å². The zero-order valence-corrected chi connectivity index (χ0v) is 17.8. The van der Waals surface area contributed by atoms with Crippen molar-refractivity contribution in [2.24, 2.45) is 0 Å². The van der Waals surface area contributed by atoms with Crippen molar-refractivity contribution in [2.45, 2.75) is 26.7 Å². The van der Waals surface area contributed by atoms with Crippen molar-refractivity contribution in [3.8, 4) is 5.75 Å². The third-order valence-corrected chi connectivity index (χ3v) is 3.64. The number of hydrogen-bond acceptors (Lipinski definition) is 12. The summed E-state index contributed by atoms with van der Waals surface area (Å²) < 4.78 is 35.0. The first kappa shape index (κ1) is 25.7. The van der Waals surface area contributed by atoms with E-state index in [1.807, 2.05) is 0 Å². The molecular formula is C17H22BNO12. The smallest absolute Gasteiger partial charge is 0.491 e. The third kappa shape index (κ3) is 6.82. The molecule has 1 aromatic heterocycles. The molecule has 0 amide bonds. The number of nitrogens with zero attached hydrogens (tertiary/aromatic N) is 1. The van der Waals surface area contributed by atoms with Crippen molar-refractivity contribution < 1.29 is 52.1 Å². The van der Waals surface area contributed by atoms with Gasteiger partial charge in [0.05, 0.1) is 20.8 Å². The molecule has 0 aliphatic heterocycles. The van der Waals surface area contributed by atoms with E-state index >= 15 is 0 Å². The van der Waals surface area contributed by atoms with Crippen LogP contribution in [0, 0.1) is 0 Å². The standard InChI is InChI=1S/C17H22BNO12/c1-9(20)29-18(30-10(2)21)31-16(23)11-7-19(8-12(25-3)26-4)13(17(24)28-6)15(27-5)14(11)22/h7,12H,8H2,1-6H3. The molecule has 14 heteroatoms. The Hall–Kier alpha value is -3.39. The summed E-state index contributed by atoms with van der Waals surface area (Å²) in [5.74, 6) is -4.62. The molecule has 0 fully saturated rings. The number of methoxy groups -OCH3 is 4. The monoisotopic (exact) mass is 443 g/mol. The molecule has 13 nitrogen and oxygen atoms in total. The minimum absolute atomic E-state index is 0.161. The van der Waals surface area contributed by atoms with Gasteiger partial charge < -0.3 is 37.5 Å². The lowest BCUT2D eigenvalue weighted by atomic mass is 10.1. The quantitative estimate of drug-likeness (QED) is 0.261. The maximum Gasteiger partial charge on any atom is 0.870 e. The molecule has 0 bridgehead atoms. The molecule has 0 radical (unpaired) electrons. The zero-order valence-electron chi connectivity index (χ0n) is 17.8. The van der Waals surface area contributed by atoms with Crippen LogP contribution in [0.25, 0.3) is 0 Å². The van der Waals surface area contributed by atoms with E-state index in [1.165, 1.54) is 14.2 Å². The van der Waals surface area contributed by atoms with E-state index in [1.54, 1.807) is 0 Å². The van der Waals surface area contributed by atoms with Crippen LogP contribution in [0.2, 0.25) is 0 Å². The maximum atomic E-state index is 12.8. The molecule has 170 valence electrons. The molecule has 1 rings (SSSR count). The second kappa shape index (κ2) is 11.7. The number of hydrogen-bond donors (Lipinski definition) is 0. The number of carbonyl (C=O) groups is 4. The fourth-order valence-electron chi connectivity index (χ4n) is 2.32. The lowest BCUT2D eigenvalue weighted by Gasteiger charge is -2.20. The van der Waals surface area contributed by atoms with Gasteiger partial charge in [0.25, 0.3) is 11.9 Å². The average molecular weight is 443 g/mol. The highest BCUT2D eigenvalue weighted by molar-refractivity contribution is 6.44. The Morgan fingerprint density at radius 2 is 1.48 bits per heavy atom. The second-order valence-corrected chi connectivity index (χ2v) is 5.71. The molecule has 0 atom stereocenters. The highest BCUT2D eigenvalue weighted by atomic mass is 16.8. The van der Waals surface area contributed by atoms with Gasteiger partial charge in [0.2, 0.25) is 5.43 Å². The Morgan fingerprint density at radius 3 is 1.90 bits per heavy atom. The third-order valence-electron chi connectivity index (χ3n) is 3.64. The molecule has 1 aromatic rings. The van der Waals surface area contributed by atoms with E-state index in [-0.39, 0.29) is 12.2 Å². The molecule has 0 saturated carbocycles. The first-order valence-corrected chi connectivity index (χ1v) is 8.60. The summed E-state index contributed by atoms with van der Waals surface area (Å²) in [6, 6.07) is 0. The van der Waals surface area contributed by atoms with Crippen LogP contribution >= 0.6 is 0 Å². The number of ether oxygens (including phenoxy) is 4. The number of aromatic nitrogens is 1. The molecule has 0 aliphatic carbocycles. The van der Waals surface area contributed by atoms with E-state index in [0.29, 0.717) is 0 Å². The second-order valence-electron chi connectivity index (χ2n) is 5.71. The summed E-state index contributed by atoms with van der Waals surface area (Å²) in [6.45, 7) is 1.81. The lowest BCUT2D eigenvalue weighted by Crippen LogP contribution is -2.36. The Balaban J connectivity index is 3.53. The summed E-state index contributed by atoms with van der Waals surface area (Å²) in [6.07, 6.45) is 0.0950. The topological polar surface area (TPSA) is 155 Å². The van der Waals surface area contributed by atoms with Gasteiger partial charge in [-0.15, -0.1) is 0 Å². The van der Waals surface area contributed by atoms with E-state index < -0.39 is 54.2 Å². The van der Waals surface area contributed by atoms with Crippen molar-refractivity contribution in [3.05, 3.63) is 27.7 Å². The van der Waals surface area contributed by atoms with Crippen LogP contribution in [0.15, 0.2) is 11.0 Å². The van der Waals surface area contributed by atoms with Crippen LogP contribution in [0.1, 0.15) is 34.7 Å². The van der Waals surface area contributed by atoms with Crippen LogP contribution < -0.4 is 10.2 Å². The maximum absolute atomic E-state index is 12.8. The van der Waals surface area contributed by atoms with Crippen molar-refractivity contribution in [2.75, 3.05) is 28.4 Å². The Morgan fingerprint density at radius 1 is 0.935 bits per heavy atom. The van der Waals surface area contributed by atoms with Gasteiger partial charge in [-0.2, -0.15) is 0 Å². The van der Waals surface area contributed by atoms with Crippen molar-refractivity contribution in [1.29, 1.82) is 0 Å². The molecule has 0 N–H and O–H groups in total. The summed E-state index contributed by atoms with van der Waals surface area (Å²) in [5, 5.41) is 0. The van der Waals surface area contributed by atoms with E-state index in [9.17, 15) is 24.0 Å². The van der Waals surface area contributed by atoms with E-state index in [4.69, 9.17) is 18.9 Å². The molecule has 1 heterocycles. The van der Waals surface area contributed by atoms with Gasteiger partial charge in [-0.25, -0.2) is 9.59 Å². The SMILES string of the molecule is COC(=O)c1c(OC)c(=O)c(C(=O)OB(OC(C)=O)OC(C)=O)cn1CC(OC)OC. The first-order chi connectivity index (χ1) is 14.6. The van der Waals surface area contributed by atoms with Gasteiger partial charge in [-0.1, -0.05) is 0 Å². The molecular weight excluding hydrogens is 421 g/mol. The largest absolute Gasteiger partial charge is 0.870 e. The normalized spacial score (nSPS) is 10.3. The zero-order chi connectivity index (χ0) is 23.7. The van der Waals surface area contributed by atoms with Crippen LogP contribution in [0.3, 0.4) is 0 Å². The van der Waals surface area contributed by atoms with Crippen molar-refractivity contribution in [3.63, 3.8) is 0 Å². The Kier molecular flexibility index (Phi) is 9.69. The highest BCUT2D eigenvalue weighted by Crippen LogP contribution is 2.18. The predicted molar refractivity (Wildman–Crippen MR) is 101 cm³/mol. The van der Waals surface area contributed by atoms with Gasteiger partial charge in [0, 0.05) is 34.3 Å². The summed E-state index contributed by atoms with van der Waals surface area (Å²) in [5.41, 5.74) is -1.97. The highest BCUT2D eigenvalue weighted by Gasteiger charge is 2.37. The van der Waals surface area contributed by atoms with Gasteiger partial charge in [-0.05, 0) is 0 Å². The van der Waals surface area contributed by atoms with Crippen LogP contribution in [0.4, 0.5) is 0 Å². The number of rotatable bonds is 10. The number of carbonyl (C=O) groups excluding carboxylic acids is 4. The fourth-order valence-corrected chi connectivity index (χ4v) is 2.32. The van der Waals surface area contributed by atoms with Gasteiger partial charge in [0.1, 0.15) is 5.56 Å². The Labute approximate surface area is 177 Å². The molecule has 0 aliphatic rings. The summed E-state index contributed by atoms with van der Waals surface area (Å²) in [7, 11) is 2.83. The van der Waals surface area contributed by atoms with E-state index in [0.717, 1.165) is 38.8 Å². The van der Waals surface area contributed by atoms with Crippen LogP contribution in [0.5, 0.6) is 5.75 Å². The molecule has 0 spiro atoms. The fraction of sp³-hybridized carbons (Fsp3) is 0.471. The molecule has 31 heavy (non-hydrogen) atoms. The van der Waals surface area contributed by atoms with Gasteiger partial charge in [-0.3, -0.25) is 14.4 Å². The molecule has 0 saturated heterocycles. The number of esters is 1.